The summed E-state index contributed by atoms with van der Waals surface area (Å²) >= 11 is 0. The third kappa shape index (κ3) is 2.34. The van der Waals surface area contributed by atoms with Crippen molar-refractivity contribution in [2.24, 2.45) is 5.73 Å². The van der Waals surface area contributed by atoms with Crippen molar-refractivity contribution in [2.75, 3.05) is 6.54 Å². The summed E-state index contributed by atoms with van der Waals surface area (Å²) in [6, 6.07) is 4.32. The van der Waals surface area contributed by atoms with Crippen LogP contribution in [0.4, 0.5) is 0 Å². The number of hydrogen-bond acceptors (Lipinski definition) is 4. The SMILES string of the molecule is CCNS(=O)(=O)c1ccc2c(C(N)=O)c(C)oc2c1. The van der Waals surface area contributed by atoms with Crippen molar-refractivity contribution in [1.82, 2.24) is 4.72 Å². The van der Waals surface area contributed by atoms with Gasteiger partial charge in [0.2, 0.25) is 10.0 Å². The minimum Gasteiger partial charge on any atom is -0.460 e. The summed E-state index contributed by atoms with van der Waals surface area (Å²) in [6.45, 7) is 3.60. The van der Waals surface area contributed by atoms with Gasteiger partial charge in [-0.25, -0.2) is 13.1 Å². The Morgan fingerprint density at radius 3 is 2.68 bits per heavy atom. The number of rotatable bonds is 4. The number of hydrogen-bond donors (Lipinski definition) is 2. The van der Waals surface area contributed by atoms with Gasteiger partial charge in [-0.3, -0.25) is 4.79 Å². The van der Waals surface area contributed by atoms with Crippen LogP contribution in [0.2, 0.25) is 0 Å². The van der Waals surface area contributed by atoms with Crippen LogP contribution < -0.4 is 10.5 Å². The third-order valence-corrected chi connectivity index (χ3v) is 4.27. The fourth-order valence-electron chi connectivity index (χ4n) is 1.95. The average Bonchev–Trinajstić information content (AvgIpc) is 2.63. The van der Waals surface area contributed by atoms with E-state index in [2.05, 4.69) is 4.72 Å². The number of nitrogens with one attached hydrogen (secondary N) is 1. The molecule has 1 heterocycles. The first-order chi connectivity index (χ1) is 8.86. The molecule has 6 nitrogen and oxygen atoms in total. The summed E-state index contributed by atoms with van der Waals surface area (Å²) in [7, 11) is -3.55. The van der Waals surface area contributed by atoms with Crippen LogP contribution in [-0.2, 0) is 10.0 Å². The van der Waals surface area contributed by atoms with Gasteiger partial charge < -0.3 is 10.2 Å². The predicted molar refractivity (Wildman–Crippen MR) is 70.3 cm³/mol. The van der Waals surface area contributed by atoms with Gasteiger partial charge in [-0.1, -0.05) is 6.92 Å². The lowest BCUT2D eigenvalue weighted by atomic mass is 10.1. The van der Waals surface area contributed by atoms with Gasteiger partial charge in [0.1, 0.15) is 11.3 Å². The van der Waals surface area contributed by atoms with E-state index < -0.39 is 15.9 Å². The monoisotopic (exact) mass is 282 g/mol. The Morgan fingerprint density at radius 2 is 2.11 bits per heavy atom. The van der Waals surface area contributed by atoms with Crippen LogP contribution in [0.15, 0.2) is 27.5 Å². The molecule has 0 aliphatic heterocycles. The first kappa shape index (κ1) is 13.6. The highest BCUT2D eigenvalue weighted by molar-refractivity contribution is 7.89. The number of carbonyl (C=O) groups is 1. The van der Waals surface area contributed by atoms with Gasteiger partial charge in [0.15, 0.2) is 0 Å². The quantitative estimate of drug-likeness (QED) is 0.877. The predicted octanol–water partition coefficient (Wildman–Crippen LogP) is 1.14. The lowest BCUT2D eigenvalue weighted by Crippen LogP contribution is -2.23. The first-order valence-electron chi connectivity index (χ1n) is 5.69. The average molecular weight is 282 g/mol. The molecule has 1 aromatic carbocycles. The maximum Gasteiger partial charge on any atom is 0.252 e. The first-order valence-corrected chi connectivity index (χ1v) is 7.17. The van der Waals surface area contributed by atoms with Gasteiger partial charge in [0.05, 0.1) is 10.5 Å². The summed E-state index contributed by atoms with van der Waals surface area (Å²) in [5, 5.41) is 0.514. The lowest BCUT2D eigenvalue weighted by molar-refractivity contribution is 0.1000. The van der Waals surface area contributed by atoms with Gasteiger partial charge in [0, 0.05) is 18.0 Å². The van der Waals surface area contributed by atoms with E-state index in [1.54, 1.807) is 13.8 Å². The fourth-order valence-corrected chi connectivity index (χ4v) is 3.00. The van der Waals surface area contributed by atoms with Crippen LogP contribution in [0.5, 0.6) is 0 Å². The number of benzene rings is 1. The number of fused-ring (bicyclic) bond motifs is 1. The molecule has 0 aliphatic rings. The molecule has 3 N–H and O–H groups in total. The zero-order chi connectivity index (χ0) is 14.2. The van der Waals surface area contributed by atoms with Crippen molar-refractivity contribution in [2.45, 2.75) is 18.7 Å². The van der Waals surface area contributed by atoms with Crippen LogP contribution >= 0.6 is 0 Å². The molecule has 0 saturated carbocycles. The van der Waals surface area contributed by atoms with E-state index in [1.165, 1.54) is 18.2 Å². The third-order valence-electron chi connectivity index (χ3n) is 2.73. The molecule has 7 heteroatoms. The van der Waals surface area contributed by atoms with Gasteiger partial charge in [0.25, 0.3) is 5.91 Å². The second-order valence-electron chi connectivity index (χ2n) is 4.06. The maximum absolute atomic E-state index is 11.9. The molecule has 0 bridgehead atoms. The van der Waals surface area contributed by atoms with Gasteiger partial charge >= 0.3 is 0 Å². The Balaban J connectivity index is 2.64. The highest BCUT2D eigenvalue weighted by atomic mass is 32.2. The maximum atomic E-state index is 11.9. The minimum atomic E-state index is -3.55. The second-order valence-corrected chi connectivity index (χ2v) is 5.82. The van der Waals surface area contributed by atoms with E-state index in [-0.39, 0.29) is 10.5 Å². The molecule has 102 valence electrons. The Morgan fingerprint density at radius 1 is 1.42 bits per heavy atom. The topological polar surface area (TPSA) is 102 Å². The Hall–Kier alpha value is -1.86. The molecular weight excluding hydrogens is 268 g/mol. The van der Waals surface area contributed by atoms with E-state index in [4.69, 9.17) is 10.2 Å². The Kier molecular flexibility index (Phi) is 3.34. The molecule has 2 aromatic rings. The van der Waals surface area contributed by atoms with E-state index in [0.717, 1.165) is 0 Å². The number of carbonyl (C=O) groups excluding carboxylic acids is 1. The van der Waals surface area contributed by atoms with E-state index in [9.17, 15) is 13.2 Å². The van der Waals surface area contributed by atoms with Gasteiger partial charge in [-0.05, 0) is 19.1 Å². The molecule has 0 atom stereocenters. The largest absolute Gasteiger partial charge is 0.460 e. The highest BCUT2D eigenvalue weighted by Gasteiger charge is 2.19. The second kappa shape index (κ2) is 4.67. The summed E-state index contributed by atoms with van der Waals surface area (Å²) in [6.07, 6.45) is 0. The number of aryl methyl sites for hydroxylation is 1. The molecular formula is C12H14N2O4S. The number of amides is 1. The highest BCUT2D eigenvalue weighted by Crippen LogP contribution is 2.27. The summed E-state index contributed by atoms with van der Waals surface area (Å²) < 4.78 is 31.5. The molecule has 1 aromatic heterocycles. The molecule has 0 saturated heterocycles. The van der Waals surface area contributed by atoms with Crippen molar-refractivity contribution in [3.05, 3.63) is 29.5 Å². The van der Waals surface area contributed by atoms with E-state index in [1.807, 2.05) is 0 Å². The molecule has 0 aliphatic carbocycles. The minimum absolute atomic E-state index is 0.0895. The number of sulfonamides is 1. The zero-order valence-corrected chi connectivity index (χ0v) is 11.4. The number of nitrogens with two attached hydrogens (primary N) is 1. The molecule has 2 rings (SSSR count). The van der Waals surface area contributed by atoms with Crippen molar-refractivity contribution >= 4 is 26.9 Å². The lowest BCUT2D eigenvalue weighted by Gasteiger charge is -2.03. The van der Waals surface area contributed by atoms with Crippen molar-refractivity contribution < 1.29 is 17.6 Å². The van der Waals surface area contributed by atoms with Gasteiger partial charge in [-0.15, -0.1) is 0 Å². The standard InChI is InChI=1S/C12H14N2O4S/c1-3-14-19(16,17)8-4-5-9-10(6-8)18-7(2)11(9)12(13)15/h4-6,14H,3H2,1-2H3,(H2,13,15). The fraction of sp³-hybridized carbons (Fsp3) is 0.250. The Bertz CT molecular complexity index is 746. The zero-order valence-electron chi connectivity index (χ0n) is 10.6. The molecule has 0 unspecified atom stereocenters. The van der Waals surface area contributed by atoms with Crippen LogP contribution in [0.1, 0.15) is 23.0 Å². The molecule has 19 heavy (non-hydrogen) atoms. The number of primary amides is 1. The van der Waals surface area contributed by atoms with Crippen molar-refractivity contribution in [1.29, 1.82) is 0 Å². The van der Waals surface area contributed by atoms with Crippen LogP contribution in [0, 0.1) is 6.92 Å². The van der Waals surface area contributed by atoms with Gasteiger partial charge in [-0.2, -0.15) is 0 Å². The van der Waals surface area contributed by atoms with Crippen LogP contribution in [0.25, 0.3) is 11.0 Å². The normalized spacial score (nSPS) is 11.9. The number of furan rings is 1. The van der Waals surface area contributed by atoms with E-state index >= 15 is 0 Å². The van der Waals surface area contributed by atoms with Crippen LogP contribution in [-0.4, -0.2) is 20.9 Å². The molecule has 1 amide bonds. The van der Waals surface area contributed by atoms with Crippen molar-refractivity contribution in [3.63, 3.8) is 0 Å². The summed E-state index contributed by atoms with van der Waals surface area (Å²) in [5.41, 5.74) is 5.87. The van der Waals surface area contributed by atoms with Crippen LogP contribution in [0.3, 0.4) is 0 Å². The summed E-state index contributed by atoms with van der Waals surface area (Å²) in [5.74, 6) is -0.223. The molecule has 0 spiro atoms. The Labute approximate surface area is 110 Å². The van der Waals surface area contributed by atoms with E-state index in [0.29, 0.717) is 23.3 Å². The van der Waals surface area contributed by atoms with Crippen molar-refractivity contribution in [3.8, 4) is 0 Å². The smallest absolute Gasteiger partial charge is 0.252 e. The summed E-state index contributed by atoms with van der Waals surface area (Å²) in [4.78, 5) is 11.4. The molecule has 0 fully saturated rings. The molecule has 0 radical (unpaired) electrons.